The molecule has 24 heavy (non-hydrogen) atoms. The second kappa shape index (κ2) is 5.89. The zero-order valence-corrected chi connectivity index (χ0v) is 12.9. The standard InChI is InChI=1S/C10H13N8O5P/c11-10-14-8-7(9(19)15-10)13-3-18(8)2-5-4(16-17-12)1-6(23-5)24(20,21)22/h3-6H,1-2H2,(H2,20,21,22)(H3,11,14,15,19)/p-1/t4-,5?,6+/m1/s1. The Morgan fingerprint density at radius 2 is 2.46 bits per heavy atom. The lowest BCUT2D eigenvalue weighted by Crippen LogP contribution is -2.25. The molecule has 2 unspecified atom stereocenters. The molecule has 1 aliphatic rings. The minimum absolute atomic E-state index is 0.00653. The molecular formula is C10H12N8O5P-. The fraction of sp³-hybridized carbons (Fsp3) is 0.500. The molecule has 0 radical (unpaired) electrons. The lowest BCUT2D eigenvalue weighted by atomic mass is 10.1. The van der Waals surface area contributed by atoms with Crippen LogP contribution in [0, 0.1) is 0 Å². The first-order valence-electron chi connectivity index (χ1n) is 6.73. The number of ether oxygens (including phenoxy) is 1. The van der Waals surface area contributed by atoms with Crippen LogP contribution in [0.25, 0.3) is 21.6 Å². The maximum atomic E-state index is 11.7. The SMILES string of the molecule is [N-]=[N+]=N[C@@H]1C[C@H](P(=O)([O-])O)OC1Cn1cnc2c(=O)[nH]c(N)nc21. The van der Waals surface area contributed by atoms with Gasteiger partial charge in [-0.2, -0.15) is 4.98 Å². The number of aromatic amines is 1. The zero-order chi connectivity index (χ0) is 17.5. The van der Waals surface area contributed by atoms with Gasteiger partial charge in [0, 0.05) is 4.91 Å². The molecule has 3 heterocycles. The second-order valence-corrected chi connectivity index (χ2v) is 6.93. The van der Waals surface area contributed by atoms with Crippen LogP contribution in [0.3, 0.4) is 0 Å². The van der Waals surface area contributed by atoms with Crippen molar-refractivity contribution in [1.29, 1.82) is 0 Å². The summed E-state index contributed by atoms with van der Waals surface area (Å²) in [5, 5.41) is 3.50. The third kappa shape index (κ3) is 2.98. The van der Waals surface area contributed by atoms with Crippen LogP contribution in [0.4, 0.5) is 5.95 Å². The topological polar surface area (TPSA) is 208 Å². The smallest absolute Gasteiger partial charge is 0.280 e. The van der Waals surface area contributed by atoms with Gasteiger partial charge in [0.05, 0.1) is 25.0 Å². The number of nitrogens with one attached hydrogen (secondary N) is 1. The summed E-state index contributed by atoms with van der Waals surface area (Å²) in [6.07, 6.45) is 0.292. The Balaban J connectivity index is 1.93. The monoisotopic (exact) mass is 355 g/mol. The molecule has 3 rings (SSSR count). The Labute approximate surface area is 133 Å². The number of imidazole rings is 1. The minimum Gasteiger partial charge on any atom is -0.777 e. The van der Waals surface area contributed by atoms with Gasteiger partial charge < -0.3 is 29.4 Å². The first-order chi connectivity index (χ1) is 11.3. The Kier molecular flexibility index (Phi) is 4.03. The van der Waals surface area contributed by atoms with Crippen molar-refractivity contribution in [2.45, 2.75) is 31.0 Å². The van der Waals surface area contributed by atoms with Crippen LogP contribution in [0.2, 0.25) is 0 Å². The number of nitrogen functional groups attached to an aromatic ring is 1. The molecule has 2 aromatic rings. The molecule has 128 valence electrons. The number of nitrogens with two attached hydrogens (primary N) is 1. The van der Waals surface area contributed by atoms with Gasteiger partial charge >= 0.3 is 0 Å². The largest absolute Gasteiger partial charge is 0.777 e. The Morgan fingerprint density at radius 1 is 1.71 bits per heavy atom. The van der Waals surface area contributed by atoms with E-state index in [1.165, 1.54) is 10.9 Å². The van der Waals surface area contributed by atoms with E-state index in [1.807, 2.05) is 0 Å². The third-order valence-corrected chi connectivity index (χ3v) is 4.70. The lowest BCUT2D eigenvalue weighted by molar-refractivity contribution is -0.204. The molecule has 0 amide bonds. The van der Waals surface area contributed by atoms with Crippen LogP contribution in [0.1, 0.15) is 6.42 Å². The third-order valence-electron chi connectivity index (χ3n) is 3.64. The molecule has 14 heteroatoms. The van der Waals surface area contributed by atoms with E-state index in [0.717, 1.165) is 0 Å². The average Bonchev–Trinajstić information content (AvgIpc) is 3.05. The summed E-state index contributed by atoms with van der Waals surface area (Å²) in [6, 6.07) is -0.814. The maximum absolute atomic E-state index is 11.7. The average molecular weight is 355 g/mol. The number of aromatic nitrogens is 4. The van der Waals surface area contributed by atoms with Crippen LogP contribution in [0.5, 0.6) is 0 Å². The van der Waals surface area contributed by atoms with Crippen molar-refractivity contribution in [3.63, 3.8) is 0 Å². The molecule has 0 spiro atoms. The van der Waals surface area contributed by atoms with Gasteiger partial charge in [0.25, 0.3) is 5.56 Å². The van der Waals surface area contributed by atoms with Gasteiger partial charge in [0.15, 0.2) is 18.8 Å². The van der Waals surface area contributed by atoms with Crippen LogP contribution < -0.4 is 16.2 Å². The minimum atomic E-state index is -4.74. The maximum Gasteiger partial charge on any atom is 0.280 e. The van der Waals surface area contributed by atoms with Crippen molar-refractivity contribution < 1.29 is 19.1 Å². The van der Waals surface area contributed by atoms with Crippen LogP contribution >= 0.6 is 7.60 Å². The van der Waals surface area contributed by atoms with Crippen LogP contribution in [0.15, 0.2) is 16.2 Å². The number of azide groups is 1. The summed E-state index contributed by atoms with van der Waals surface area (Å²) < 4.78 is 18.0. The zero-order valence-electron chi connectivity index (χ0n) is 12.0. The van der Waals surface area contributed by atoms with E-state index >= 15 is 0 Å². The van der Waals surface area contributed by atoms with E-state index in [1.54, 1.807) is 0 Å². The van der Waals surface area contributed by atoms with Gasteiger partial charge in [-0.1, -0.05) is 5.11 Å². The molecule has 4 atom stereocenters. The van der Waals surface area contributed by atoms with E-state index < -0.39 is 31.1 Å². The highest BCUT2D eigenvalue weighted by Gasteiger charge is 2.39. The lowest BCUT2D eigenvalue weighted by Gasteiger charge is -2.23. The van der Waals surface area contributed by atoms with Crippen molar-refractivity contribution in [1.82, 2.24) is 19.5 Å². The van der Waals surface area contributed by atoms with Crippen molar-refractivity contribution in [3.8, 4) is 0 Å². The van der Waals surface area contributed by atoms with Gasteiger partial charge in [-0.25, -0.2) is 4.98 Å². The van der Waals surface area contributed by atoms with Crippen LogP contribution in [-0.2, 0) is 15.8 Å². The number of fused-ring (bicyclic) bond motifs is 1. The fourth-order valence-corrected chi connectivity index (χ4v) is 3.36. The summed E-state index contributed by atoms with van der Waals surface area (Å²) in [4.78, 5) is 45.0. The van der Waals surface area contributed by atoms with Gasteiger partial charge in [-0.15, -0.1) is 0 Å². The van der Waals surface area contributed by atoms with Gasteiger partial charge in [0.2, 0.25) is 5.95 Å². The second-order valence-electron chi connectivity index (χ2n) is 5.22. The number of hydrogen-bond donors (Lipinski definition) is 3. The highest BCUT2D eigenvalue weighted by Crippen LogP contribution is 2.45. The van der Waals surface area contributed by atoms with E-state index in [2.05, 4.69) is 25.0 Å². The van der Waals surface area contributed by atoms with E-state index in [-0.39, 0.29) is 30.1 Å². The predicted molar refractivity (Wildman–Crippen MR) is 78.6 cm³/mol. The summed E-state index contributed by atoms with van der Waals surface area (Å²) in [5.41, 5.74) is 13.8. The molecule has 13 nitrogen and oxygen atoms in total. The molecule has 0 aliphatic carbocycles. The first kappa shape index (κ1) is 16.4. The van der Waals surface area contributed by atoms with E-state index in [9.17, 15) is 14.3 Å². The Hall–Kier alpha value is -2.43. The summed E-state index contributed by atoms with van der Waals surface area (Å²) >= 11 is 0. The molecule has 2 aromatic heterocycles. The number of nitrogens with zero attached hydrogens (tertiary/aromatic N) is 6. The van der Waals surface area contributed by atoms with E-state index in [4.69, 9.17) is 20.9 Å². The van der Waals surface area contributed by atoms with Crippen LogP contribution in [-0.4, -0.2) is 42.4 Å². The van der Waals surface area contributed by atoms with E-state index in [0.29, 0.717) is 0 Å². The first-order valence-corrected chi connectivity index (χ1v) is 8.38. The highest BCUT2D eigenvalue weighted by molar-refractivity contribution is 7.50. The van der Waals surface area contributed by atoms with Crippen molar-refractivity contribution in [3.05, 3.63) is 27.1 Å². The van der Waals surface area contributed by atoms with Crippen molar-refractivity contribution >= 4 is 24.7 Å². The number of H-pyrrole nitrogens is 1. The number of anilines is 1. The molecule has 1 aliphatic heterocycles. The highest BCUT2D eigenvalue weighted by atomic mass is 31.2. The predicted octanol–water partition coefficient (Wildman–Crippen LogP) is -0.959. The number of rotatable bonds is 4. The normalized spacial score (nSPS) is 26.2. The quantitative estimate of drug-likeness (QED) is 0.268. The molecule has 0 aromatic carbocycles. The summed E-state index contributed by atoms with van der Waals surface area (Å²) in [5.74, 6) is -1.57. The molecule has 0 saturated carbocycles. The van der Waals surface area contributed by atoms with Gasteiger partial charge in [0.1, 0.15) is 5.85 Å². The number of hydrogen-bond acceptors (Lipinski definition) is 8. The molecule has 0 bridgehead atoms. The molecular weight excluding hydrogens is 343 g/mol. The molecule has 4 N–H and O–H groups in total. The van der Waals surface area contributed by atoms with Crippen molar-refractivity contribution in [2.75, 3.05) is 5.73 Å². The summed E-state index contributed by atoms with van der Waals surface area (Å²) in [7, 11) is -4.74. The Bertz CT molecular complexity index is 927. The van der Waals surface area contributed by atoms with Crippen molar-refractivity contribution in [2.24, 2.45) is 5.11 Å². The van der Waals surface area contributed by atoms with Gasteiger partial charge in [-0.05, 0) is 12.0 Å². The Morgan fingerprint density at radius 3 is 3.12 bits per heavy atom. The molecule has 1 saturated heterocycles. The molecule has 1 fully saturated rings. The fourth-order valence-electron chi connectivity index (χ4n) is 2.57. The van der Waals surface area contributed by atoms with Gasteiger partial charge in [-0.3, -0.25) is 9.78 Å². The summed E-state index contributed by atoms with van der Waals surface area (Å²) in [6.45, 7) is 0.00653.